The number of alkyl halides is 3. The van der Waals surface area contributed by atoms with Crippen LogP contribution in [0, 0.1) is 0 Å². The predicted molar refractivity (Wildman–Crippen MR) is 81.2 cm³/mol. The normalized spacial score (nSPS) is 16.4. The first-order valence-electron chi connectivity index (χ1n) is 7.98. The third kappa shape index (κ3) is 3.99. The van der Waals surface area contributed by atoms with Crippen LogP contribution in [-0.2, 0) is 4.79 Å². The predicted octanol–water partition coefficient (Wildman–Crippen LogP) is 2.18. The Balaban J connectivity index is 1.63. The number of halogens is 3. The molecular weight excluding hydrogens is 339 g/mol. The molecule has 136 valence electrons. The minimum atomic E-state index is -4.31. The maximum absolute atomic E-state index is 12.2. The fourth-order valence-corrected chi connectivity index (χ4v) is 2.95. The van der Waals surface area contributed by atoms with E-state index in [4.69, 9.17) is 4.74 Å². The number of carbonyl (C=O) groups is 1. The number of methoxy groups -OCH3 is 1. The lowest BCUT2D eigenvalue weighted by atomic mass is 9.96. The van der Waals surface area contributed by atoms with Crippen molar-refractivity contribution in [3.63, 3.8) is 0 Å². The van der Waals surface area contributed by atoms with Crippen LogP contribution in [0.2, 0.25) is 0 Å². The lowest BCUT2D eigenvalue weighted by molar-refractivity contribution is -0.149. The fraction of sp³-hybridized carbons (Fsp3) is 0.600. The zero-order valence-electron chi connectivity index (χ0n) is 13.7. The van der Waals surface area contributed by atoms with Crippen LogP contribution >= 0.6 is 0 Å². The van der Waals surface area contributed by atoms with E-state index in [0.717, 1.165) is 0 Å². The summed E-state index contributed by atoms with van der Waals surface area (Å²) in [6.45, 7) is 0.806. The van der Waals surface area contributed by atoms with E-state index in [9.17, 15) is 18.0 Å². The molecule has 0 N–H and O–H groups in total. The van der Waals surface area contributed by atoms with Gasteiger partial charge in [0.25, 0.3) is 0 Å². The number of ether oxygens (including phenoxy) is 1. The molecule has 1 saturated heterocycles. The minimum absolute atomic E-state index is 0.0428. The van der Waals surface area contributed by atoms with E-state index in [0.29, 0.717) is 43.3 Å². The Kier molecular flexibility index (Phi) is 4.78. The first kappa shape index (κ1) is 17.4. The molecule has 7 nitrogen and oxygen atoms in total. The quantitative estimate of drug-likeness (QED) is 0.839. The summed E-state index contributed by atoms with van der Waals surface area (Å²) in [5, 5.41) is 12.5. The van der Waals surface area contributed by atoms with Gasteiger partial charge in [-0.1, -0.05) is 0 Å². The van der Waals surface area contributed by atoms with Gasteiger partial charge in [-0.05, 0) is 18.9 Å². The molecule has 0 unspecified atom stereocenters. The summed E-state index contributed by atoms with van der Waals surface area (Å²) in [5.74, 6) is 0.701. The molecule has 0 aliphatic carbocycles. The second-order valence-corrected chi connectivity index (χ2v) is 5.97. The van der Waals surface area contributed by atoms with Gasteiger partial charge in [-0.25, -0.2) is 0 Å². The van der Waals surface area contributed by atoms with E-state index in [-0.39, 0.29) is 5.92 Å². The Labute approximate surface area is 141 Å². The van der Waals surface area contributed by atoms with Crippen LogP contribution in [0.15, 0.2) is 12.1 Å². The molecular formula is C15H18F3N5O2. The molecule has 3 heterocycles. The highest BCUT2D eigenvalue weighted by Gasteiger charge is 2.31. The van der Waals surface area contributed by atoms with Crippen molar-refractivity contribution >= 4 is 11.6 Å². The molecule has 1 aliphatic heterocycles. The molecule has 1 fully saturated rings. The molecule has 0 radical (unpaired) electrons. The van der Waals surface area contributed by atoms with Gasteiger partial charge in [-0.3, -0.25) is 4.79 Å². The third-order valence-corrected chi connectivity index (χ3v) is 4.31. The Morgan fingerprint density at radius 1 is 1.28 bits per heavy atom. The average Bonchev–Trinajstić information content (AvgIpc) is 3.02. The number of rotatable bonds is 4. The molecule has 2 aromatic rings. The lowest BCUT2D eigenvalue weighted by Crippen LogP contribution is -2.38. The molecule has 0 spiro atoms. The molecule has 0 aromatic carbocycles. The maximum Gasteiger partial charge on any atom is 0.389 e. The number of hydrogen-bond donors (Lipinski definition) is 0. The molecule has 10 heteroatoms. The lowest BCUT2D eigenvalue weighted by Gasteiger charge is -2.31. The number of hydrogen-bond acceptors (Lipinski definition) is 5. The van der Waals surface area contributed by atoms with E-state index in [1.54, 1.807) is 16.6 Å². The Hall–Kier alpha value is -2.39. The first-order valence-corrected chi connectivity index (χ1v) is 7.98. The summed E-state index contributed by atoms with van der Waals surface area (Å²) in [6.07, 6.45) is -4.67. The highest BCUT2D eigenvalue weighted by Crippen LogP contribution is 2.28. The third-order valence-electron chi connectivity index (χ3n) is 4.31. The van der Waals surface area contributed by atoms with Gasteiger partial charge >= 0.3 is 6.18 Å². The number of carbonyl (C=O) groups excluding carboxylic acids is 1. The zero-order valence-corrected chi connectivity index (χ0v) is 13.7. The molecule has 0 bridgehead atoms. The minimum Gasteiger partial charge on any atom is -0.480 e. The van der Waals surface area contributed by atoms with Gasteiger partial charge < -0.3 is 9.64 Å². The highest BCUT2D eigenvalue weighted by molar-refractivity contribution is 5.76. The van der Waals surface area contributed by atoms with Crippen LogP contribution in [0.4, 0.5) is 13.2 Å². The number of fused-ring (bicyclic) bond motifs is 1. The van der Waals surface area contributed by atoms with E-state index < -0.39 is 24.9 Å². The number of nitrogens with zero attached hydrogens (tertiary/aromatic N) is 5. The van der Waals surface area contributed by atoms with Crippen molar-refractivity contribution in [1.82, 2.24) is 24.7 Å². The van der Waals surface area contributed by atoms with E-state index in [2.05, 4.69) is 15.3 Å². The summed E-state index contributed by atoms with van der Waals surface area (Å²) in [5.41, 5.74) is 0.597. The van der Waals surface area contributed by atoms with Crippen molar-refractivity contribution < 1.29 is 22.7 Å². The van der Waals surface area contributed by atoms with Crippen molar-refractivity contribution in [2.45, 2.75) is 37.8 Å². The van der Waals surface area contributed by atoms with E-state index in [1.165, 1.54) is 12.0 Å². The largest absolute Gasteiger partial charge is 0.480 e. The van der Waals surface area contributed by atoms with Gasteiger partial charge in [0.15, 0.2) is 11.5 Å². The summed E-state index contributed by atoms with van der Waals surface area (Å²) < 4.78 is 43.4. The van der Waals surface area contributed by atoms with Crippen molar-refractivity contribution in [3.8, 4) is 5.88 Å². The molecule has 2 aromatic heterocycles. The standard InChI is InChI=1S/C15H18F3N5O2/c1-25-12-3-2-11-19-20-14(23(11)21-12)10-5-8-22(9-6-10)13(24)4-7-15(16,17)18/h2-3,10H,4-9H2,1H3. The van der Waals surface area contributed by atoms with Gasteiger partial charge in [0.1, 0.15) is 0 Å². The SMILES string of the molecule is COc1ccc2nnc(C3CCN(C(=O)CCC(F)(F)F)CC3)n2n1. The van der Waals surface area contributed by atoms with Crippen molar-refractivity contribution in [2.75, 3.05) is 20.2 Å². The Morgan fingerprint density at radius 2 is 2.00 bits per heavy atom. The molecule has 1 aliphatic rings. The monoisotopic (exact) mass is 357 g/mol. The van der Waals surface area contributed by atoms with Crippen LogP contribution in [0.3, 0.4) is 0 Å². The number of amides is 1. The maximum atomic E-state index is 12.2. The van der Waals surface area contributed by atoms with Crippen LogP contribution in [-0.4, -0.2) is 57.0 Å². The van der Waals surface area contributed by atoms with Gasteiger partial charge in [0.2, 0.25) is 11.8 Å². The van der Waals surface area contributed by atoms with Crippen LogP contribution in [0.25, 0.3) is 5.65 Å². The van der Waals surface area contributed by atoms with E-state index in [1.807, 2.05) is 0 Å². The molecule has 0 saturated carbocycles. The average molecular weight is 357 g/mol. The number of likely N-dealkylation sites (tertiary alicyclic amines) is 1. The van der Waals surface area contributed by atoms with Crippen LogP contribution < -0.4 is 4.74 Å². The Bertz CT molecular complexity index is 753. The van der Waals surface area contributed by atoms with Gasteiger partial charge in [-0.2, -0.15) is 17.7 Å². The highest BCUT2D eigenvalue weighted by atomic mass is 19.4. The van der Waals surface area contributed by atoms with Gasteiger partial charge in [0.05, 0.1) is 13.5 Å². The first-order chi connectivity index (χ1) is 11.9. The smallest absolute Gasteiger partial charge is 0.389 e. The van der Waals surface area contributed by atoms with Gasteiger partial charge in [-0.15, -0.1) is 15.3 Å². The molecule has 1 amide bonds. The molecule has 0 atom stereocenters. The topological polar surface area (TPSA) is 72.6 Å². The fourth-order valence-electron chi connectivity index (χ4n) is 2.95. The number of aromatic nitrogens is 4. The summed E-state index contributed by atoms with van der Waals surface area (Å²) >= 11 is 0. The Morgan fingerprint density at radius 3 is 2.64 bits per heavy atom. The summed E-state index contributed by atoms with van der Waals surface area (Å²) in [6, 6.07) is 3.44. The second-order valence-electron chi connectivity index (χ2n) is 5.97. The second kappa shape index (κ2) is 6.85. The molecule has 25 heavy (non-hydrogen) atoms. The molecule has 3 rings (SSSR count). The van der Waals surface area contributed by atoms with E-state index >= 15 is 0 Å². The van der Waals surface area contributed by atoms with Crippen molar-refractivity contribution in [3.05, 3.63) is 18.0 Å². The van der Waals surface area contributed by atoms with Crippen LogP contribution in [0.1, 0.15) is 37.4 Å². The zero-order chi connectivity index (χ0) is 18.0. The van der Waals surface area contributed by atoms with Gasteiger partial charge in [0, 0.05) is 31.5 Å². The van der Waals surface area contributed by atoms with Crippen LogP contribution in [0.5, 0.6) is 5.88 Å². The summed E-state index contributed by atoms with van der Waals surface area (Å²) in [4.78, 5) is 13.4. The summed E-state index contributed by atoms with van der Waals surface area (Å²) in [7, 11) is 1.52. The van der Waals surface area contributed by atoms with Crippen molar-refractivity contribution in [2.24, 2.45) is 0 Å². The van der Waals surface area contributed by atoms with Crippen molar-refractivity contribution in [1.29, 1.82) is 0 Å². The number of piperidine rings is 1.